The monoisotopic (exact) mass is 246 g/mol. The minimum atomic E-state index is -1.16. The number of carboxylic acid groups (broad SMARTS) is 1. The lowest BCUT2D eigenvalue weighted by molar-refractivity contribution is -0.139. The molecule has 1 fully saturated rings. The van der Waals surface area contributed by atoms with Crippen LogP contribution in [0.4, 0.5) is 4.79 Å². The van der Waals surface area contributed by atoms with Gasteiger partial charge in [0.15, 0.2) is 0 Å². The second-order valence-corrected chi connectivity index (χ2v) is 3.99. The highest BCUT2D eigenvalue weighted by Crippen LogP contribution is 2.12. The summed E-state index contributed by atoms with van der Waals surface area (Å²) in [4.78, 5) is 22.3. The lowest BCUT2D eigenvalue weighted by atomic mass is 10.1. The predicted octanol–water partition coefficient (Wildman–Crippen LogP) is -0.701. The molecule has 7 nitrogen and oxygen atoms in total. The smallest absolute Gasteiger partial charge is 0.326 e. The molecule has 0 aromatic rings. The summed E-state index contributed by atoms with van der Waals surface area (Å²) in [6, 6.07) is -1.72. The Balaban J connectivity index is 2.39. The van der Waals surface area contributed by atoms with Gasteiger partial charge in [0.25, 0.3) is 0 Å². The largest absolute Gasteiger partial charge is 0.480 e. The fourth-order valence-electron chi connectivity index (χ4n) is 1.68. The van der Waals surface area contributed by atoms with Crippen LogP contribution in [0, 0.1) is 0 Å². The first-order chi connectivity index (χ1) is 8.04. The van der Waals surface area contributed by atoms with E-state index in [-0.39, 0.29) is 25.2 Å². The van der Waals surface area contributed by atoms with Crippen LogP contribution >= 0.6 is 0 Å². The van der Waals surface area contributed by atoms with Gasteiger partial charge in [0.1, 0.15) is 6.04 Å². The SMILES string of the molecule is CC1OCCC1NC(=O)NC(CCO)C(=O)O. The number of rotatable bonds is 5. The Morgan fingerprint density at radius 2 is 2.24 bits per heavy atom. The van der Waals surface area contributed by atoms with Crippen molar-refractivity contribution < 1.29 is 24.5 Å². The van der Waals surface area contributed by atoms with Gasteiger partial charge in [-0.3, -0.25) is 0 Å². The van der Waals surface area contributed by atoms with Gasteiger partial charge in [-0.2, -0.15) is 0 Å². The first-order valence-corrected chi connectivity index (χ1v) is 5.57. The van der Waals surface area contributed by atoms with Gasteiger partial charge in [-0.05, 0) is 13.3 Å². The van der Waals surface area contributed by atoms with Crippen molar-refractivity contribution in [3.8, 4) is 0 Å². The number of hydrogen-bond donors (Lipinski definition) is 4. The molecule has 0 bridgehead atoms. The van der Waals surface area contributed by atoms with Gasteiger partial charge in [0.2, 0.25) is 0 Å². The molecule has 0 spiro atoms. The summed E-state index contributed by atoms with van der Waals surface area (Å²) in [7, 11) is 0. The van der Waals surface area contributed by atoms with Crippen LogP contribution in [-0.4, -0.2) is 53.6 Å². The second kappa shape index (κ2) is 6.41. The number of carbonyl (C=O) groups is 2. The lowest BCUT2D eigenvalue weighted by Crippen LogP contribution is -2.50. The predicted molar refractivity (Wildman–Crippen MR) is 58.6 cm³/mol. The molecule has 2 amide bonds. The highest BCUT2D eigenvalue weighted by atomic mass is 16.5. The zero-order chi connectivity index (χ0) is 12.8. The standard InChI is InChI=1S/C10H18N2O5/c1-6-7(3-5-17-6)11-10(16)12-8(2-4-13)9(14)15/h6-8,13H,2-5H2,1H3,(H,14,15)(H2,11,12,16). The van der Waals surface area contributed by atoms with E-state index in [0.717, 1.165) is 0 Å². The molecule has 98 valence electrons. The normalized spacial score (nSPS) is 25.3. The summed E-state index contributed by atoms with van der Waals surface area (Å²) in [5.74, 6) is -1.16. The molecule has 0 saturated carbocycles. The molecule has 3 unspecified atom stereocenters. The molecule has 1 aliphatic rings. The highest BCUT2D eigenvalue weighted by Gasteiger charge is 2.27. The Morgan fingerprint density at radius 1 is 1.53 bits per heavy atom. The van der Waals surface area contributed by atoms with Gasteiger partial charge in [0.05, 0.1) is 12.1 Å². The summed E-state index contributed by atoms with van der Waals surface area (Å²) in [6.07, 6.45) is 0.632. The highest BCUT2D eigenvalue weighted by molar-refractivity contribution is 5.82. The summed E-state index contributed by atoms with van der Waals surface area (Å²) in [5, 5.41) is 22.4. The Bertz CT molecular complexity index is 284. The van der Waals surface area contributed by atoms with Crippen molar-refractivity contribution in [1.82, 2.24) is 10.6 Å². The van der Waals surface area contributed by atoms with Gasteiger partial charge >= 0.3 is 12.0 Å². The molecule has 1 saturated heterocycles. The molecule has 1 rings (SSSR count). The number of carbonyl (C=O) groups excluding carboxylic acids is 1. The fourth-order valence-corrected chi connectivity index (χ4v) is 1.68. The number of aliphatic hydroxyl groups is 1. The molecule has 1 heterocycles. The van der Waals surface area contributed by atoms with Gasteiger partial charge in [-0.1, -0.05) is 0 Å². The van der Waals surface area contributed by atoms with Crippen molar-refractivity contribution >= 4 is 12.0 Å². The maximum Gasteiger partial charge on any atom is 0.326 e. The molecule has 0 radical (unpaired) electrons. The van der Waals surface area contributed by atoms with E-state index in [0.29, 0.717) is 13.0 Å². The molecular formula is C10H18N2O5. The van der Waals surface area contributed by atoms with Gasteiger partial charge in [-0.15, -0.1) is 0 Å². The second-order valence-electron chi connectivity index (χ2n) is 3.99. The van der Waals surface area contributed by atoms with Gasteiger partial charge < -0.3 is 25.6 Å². The molecule has 0 aromatic heterocycles. The van der Waals surface area contributed by atoms with Crippen molar-refractivity contribution in [2.75, 3.05) is 13.2 Å². The third-order valence-electron chi connectivity index (χ3n) is 2.71. The first kappa shape index (κ1) is 13.7. The number of nitrogens with one attached hydrogen (secondary N) is 2. The van der Waals surface area contributed by atoms with Crippen LogP contribution < -0.4 is 10.6 Å². The number of hydrogen-bond acceptors (Lipinski definition) is 4. The van der Waals surface area contributed by atoms with Crippen molar-refractivity contribution in [2.24, 2.45) is 0 Å². The van der Waals surface area contributed by atoms with Gasteiger partial charge in [0, 0.05) is 19.6 Å². The average Bonchev–Trinajstić information content (AvgIpc) is 2.63. The van der Waals surface area contributed by atoms with E-state index in [4.69, 9.17) is 14.9 Å². The Labute approximate surface area is 99.1 Å². The van der Waals surface area contributed by atoms with E-state index in [1.165, 1.54) is 0 Å². The summed E-state index contributed by atoms with van der Waals surface area (Å²) in [6.45, 7) is 2.14. The minimum absolute atomic E-state index is 0.0144. The number of amides is 2. The zero-order valence-corrected chi connectivity index (χ0v) is 9.68. The van der Waals surface area contributed by atoms with Crippen LogP contribution in [0.25, 0.3) is 0 Å². The van der Waals surface area contributed by atoms with E-state index < -0.39 is 18.0 Å². The van der Waals surface area contributed by atoms with E-state index in [2.05, 4.69) is 10.6 Å². The quantitative estimate of drug-likeness (QED) is 0.513. The van der Waals surface area contributed by atoms with E-state index in [1.54, 1.807) is 0 Å². The van der Waals surface area contributed by atoms with Crippen LogP contribution in [0.2, 0.25) is 0 Å². The topological polar surface area (TPSA) is 108 Å². The fraction of sp³-hybridized carbons (Fsp3) is 0.800. The zero-order valence-electron chi connectivity index (χ0n) is 9.68. The Hall–Kier alpha value is -1.34. The summed E-state index contributed by atoms with van der Waals surface area (Å²) in [5.41, 5.74) is 0. The maximum absolute atomic E-state index is 11.5. The third-order valence-corrected chi connectivity index (χ3v) is 2.71. The van der Waals surface area contributed by atoms with Crippen LogP contribution in [0.5, 0.6) is 0 Å². The Morgan fingerprint density at radius 3 is 2.71 bits per heavy atom. The van der Waals surface area contributed by atoms with Gasteiger partial charge in [-0.25, -0.2) is 9.59 Å². The molecule has 17 heavy (non-hydrogen) atoms. The van der Waals surface area contributed by atoms with E-state index in [9.17, 15) is 9.59 Å². The molecule has 7 heteroatoms. The average molecular weight is 246 g/mol. The van der Waals surface area contributed by atoms with Crippen LogP contribution in [0.15, 0.2) is 0 Å². The molecule has 3 atom stereocenters. The molecular weight excluding hydrogens is 228 g/mol. The van der Waals surface area contributed by atoms with Crippen LogP contribution in [-0.2, 0) is 9.53 Å². The van der Waals surface area contributed by atoms with Crippen LogP contribution in [0.3, 0.4) is 0 Å². The lowest BCUT2D eigenvalue weighted by Gasteiger charge is -2.19. The van der Waals surface area contributed by atoms with E-state index in [1.807, 2.05) is 6.92 Å². The number of carboxylic acids is 1. The maximum atomic E-state index is 11.5. The van der Waals surface area contributed by atoms with Crippen molar-refractivity contribution in [3.63, 3.8) is 0 Å². The van der Waals surface area contributed by atoms with Crippen molar-refractivity contribution in [1.29, 1.82) is 0 Å². The first-order valence-electron chi connectivity index (χ1n) is 5.57. The van der Waals surface area contributed by atoms with Crippen molar-refractivity contribution in [3.05, 3.63) is 0 Å². The molecule has 0 aliphatic carbocycles. The minimum Gasteiger partial charge on any atom is -0.480 e. The molecule has 1 aliphatic heterocycles. The van der Waals surface area contributed by atoms with E-state index >= 15 is 0 Å². The third kappa shape index (κ3) is 4.20. The number of urea groups is 1. The number of aliphatic hydroxyl groups excluding tert-OH is 1. The number of aliphatic carboxylic acids is 1. The molecule has 0 aromatic carbocycles. The summed E-state index contributed by atoms with van der Waals surface area (Å²) < 4.78 is 5.27. The van der Waals surface area contributed by atoms with Crippen LogP contribution in [0.1, 0.15) is 19.8 Å². The Kier molecular flexibility index (Phi) is 5.17. The number of ether oxygens (including phenoxy) is 1. The molecule has 4 N–H and O–H groups in total. The summed E-state index contributed by atoms with van der Waals surface area (Å²) >= 11 is 0. The van der Waals surface area contributed by atoms with Crippen molar-refractivity contribution in [2.45, 2.75) is 38.0 Å².